The number of thioether (sulfide) groups is 1. The number of rotatable bonds is 3. The number of hydrogen-bond donors (Lipinski definition) is 0. The van der Waals surface area contributed by atoms with Crippen LogP contribution in [0.1, 0.15) is 0 Å². The Bertz CT molecular complexity index is 346. The first-order valence-electron chi connectivity index (χ1n) is 3.42. The lowest BCUT2D eigenvalue weighted by Crippen LogP contribution is -1.70. The van der Waals surface area contributed by atoms with Crippen LogP contribution in [0, 0.1) is 0 Å². The van der Waals surface area contributed by atoms with E-state index in [2.05, 4.69) is 6.58 Å². The van der Waals surface area contributed by atoms with Crippen LogP contribution < -0.4 is 0 Å². The predicted octanol–water partition coefficient (Wildman–Crippen LogP) is 4.92. The molecule has 1 rings (SSSR count). The van der Waals surface area contributed by atoms with Crippen molar-refractivity contribution < 1.29 is 4.57 Å². The molecule has 1 aromatic carbocycles. The van der Waals surface area contributed by atoms with E-state index in [1.54, 1.807) is 0 Å². The molecule has 0 aromatic heterocycles. The minimum absolute atomic E-state index is 0.294. The standard InChI is InChI=1S/C8H7Cl2OPS/c1-7(12(9,10)11)13-8-5-3-2-4-6-8/h2-6H,1H2. The highest BCUT2D eigenvalue weighted by molar-refractivity contribution is 8.24. The smallest absolute Gasteiger partial charge is 0.283 e. The van der Waals surface area contributed by atoms with Crippen molar-refractivity contribution in [2.75, 3.05) is 0 Å². The highest BCUT2D eigenvalue weighted by atomic mass is 35.9. The van der Waals surface area contributed by atoms with Gasteiger partial charge in [-0.3, -0.25) is 4.57 Å². The Kier molecular flexibility index (Phi) is 3.93. The highest BCUT2D eigenvalue weighted by Crippen LogP contribution is 2.67. The summed E-state index contributed by atoms with van der Waals surface area (Å²) in [6.45, 7) is 3.56. The quantitative estimate of drug-likeness (QED) is 0.561. The van der Waals surface area contributed by atoms with Gasteiger partial charge in [0.05, 0.1) is 4.65 Å². The molecular formula is C8H7Cl2OPS. The molecule has 1 nitrogen and oxygen atoms in total. The normalized spacial score (nSPS) is 11.2. The molecule has 0 saturated heterocycles. The third-order valence-electron chi connectivity index (χ3n) is 1.27. The van der Waals surface area contributed by atoms with Crippen molar-refractivity contribution >= 4 is 40.1 Å². The van der Waals surface area contributed by atoms with Crippen LogP contribution >= 0.6 is 40.1 Å². The first kappa shape index (κ1) is 11.2. The fourth-order valence-electron chi connectivity index (χ4n) is 0.678. The van der Waals surface area contributed by atoms with Gasteiger partial charge in [-0.2, -0.15) is 0 Å². The molecule has 1 aromatic rings. The molecule has 13 heavy (non-hydrogen) atoms. The summed E-state index contributed by atoms with van der Waals surface area (Å²) in [4.78, 5) is 0.925. The molecule has 0 atom stereocenters. The summed E-state index contributed by atoms with van der Waals surface area (Å²) in [5.74, 6) is -3.21. The summed E-state index contributed by atoms with van der Waals surface area (Å²) in [6.07, 6.45) is 0. The molecule has 5 heteroatoms. The van der Waals surface area contributed by atoms with Gasteiger partial charge in [-0.1, -0.05) is 36.5 Å². The monoisotopic (exact) mass is 252 g/mol. The second-order valence-corrected chi connectivity index (χ2v) is 8.58. The zero-order chi connectivity index (χ0) is 9.90. The van der Waals surface area contributed by atoms with Crippen LogP contribution in [0.4, 0.5) is 0 Å². The van der Waals surface area contributed by atoms with Crippen LogP contribution in [0.5, 0.6) is 0 Å². The minimum atomic E-state index is -3.21. The third-order valence-corrected chi connectivity index (χ3v) is 5.46. The maximum atomic E-state index is 11.1. The Balaban J connectivity index is 2.72. The largest absolute Gasteiger partial charge is 0.287 e. The van der Waals surface area contributed by atoms with Gasteiger partial charge in [0.1, 0.15) is 0 Å². The molecule has 0 saturated carbocycles. The van der Waals surface area contributed by atoms with E-state index in [-0.39, 0.29) is 0 Å². The maximum Gasteiger partial charge on any atom is 0.287 e. The summed E-state index contributed by atoms with van der Waals surface area (Å²) < 4.78 is 11.4. The van der Waals surface area contributed by atoms with Gasteiger partial charge in [-0.15, -0.1) is 0 Å². The number of halogens is 2. The van der Waals surface area contributed by atoms with E-state index in [9.17, 15) is 4.57 Å². The summed E-state index contributed by atoms with van der Waals surface area (Å²) in [5.41, 5.74) is 0. The molecule has 0 bridgehead atoms. The fourth-order valence-corrected chi connectivity index (χ4v) is 2.61. The topological polar surface area (TPSA) is 17.1 Å². The van der Waals surface area contributed by atoms with Gasteiger partial charge in [0, 0.05) is 4.90 Å². The lowest BCUT2D eigenvalue weighted by atomic mass is 10.4. The van der Waals surface area contributed by atoms with Crippen LogP contribution in [-0.4, -0.2) is 0 Å². The van der Waals surface area contributed by atoms with Crippen molar-refractivity contribution in [2.24, 2.45) is 0 Å². The van der Waals surface area contributed by atoms with Gasteiger partial charge >= 0.3 is 0 Å². The molecular weight excluding hydrogens is 246 g/mol. The van der Waals surface area contributed by atoms with Crippen molar-refractivity contribution in [1.82, 2.24) is 0 Å². The van der Waals surface area contributed by atoms with Gasteiger partial charge in [-0.05, 0) is 34.6 Å². The molecule has 0 aliphatic heterocycles. The maximum absolute atomic E-state index is 11.1. The van der Waals surface area contributed by atoms with Gasteiger partial charge in [0.15, 0.2) is 0 Å². The first-order valence-corrected chi connectivity index (χ1v) is 7.75. The number of hydrogen-bond acceptors (Lipinski definition) is 2. The fraction of sp³-hybridized carbons (Fsp3) is 0. The van der Waals surface area contributed by atoms with Crippen LogP contribution in [0.25, 0.3) is 0 Å². The van der Waals surface area contributed by atoms with E-state index in [0.717, 1.165) is 4.90 Å². The van der Waals surface area contributed by atoms with E-state index in [1.807, 2.05) is 30.3 Å². The van der Waals surface area contributed by atoms with E-state index >= 15 is 0 Å². The van der Waals surface area contributed by atoms with Crippen molar-refractivity contribution in [1.29, 1.82) is 0 Å². The van der Waals surface area contributed by atoms with Crippen LogP contribution in [0.3, 0.4) is 0 Å². The summed E-state index contributed by atoms with van der Waals surface area (Å²) in [7, 11) is 0. The van der Waals surface area contributed by atoms with Crippen molar-refractivity contribution in [3.63, 3.8) is 0 Å². The molecule has 0 spiro atoms. The van der Waals surface area contributed by atoms with E-state index in [1.165, 1.54) is 11.8 Å². The molecule has 0 aliphatic carbocycles. The molecule has 0 heterocycles. The van der Waals surface area contributed by atoms with Crippen LogP contribution in [0.15, 0.2) is 46.5 Å². The van der Waals surface area contributed by atoms with Gasteiger partial charge in [0.25, 0.3) is 5.85 Å². The molecule has 0 N–H and O–H groups in total. The minimum Gasteiger partial charge on any atom is -0.283 e. The molecule has 0 fully saturated rings. The average Bonchev–Trinajstić information content (AvgIpc) is 2.04. The third kappa shape index (κ3) is 3.78. The second-order valence-electron chi connectivity index (χ2n) is 2.27. The molecule has 70 valence electrons. The van der Waals surface area contributed by atoms with Crippen molar-refractivity contribution in [3.05, 3.63) is 41.6 Å². The first-order chi connectivity index (χ1) is 6.00. The SMILES string of the molecule is C=C(Sc1ccccc1)P(=O)(Cl)Cl. The molecule has 0 amide bonds. The zero-order valence-corrected chi connectivity index (χ0v) is 9.84. The average molecular weight is 253 g/mol. The second kappa shape index (κ2) is 4.56. The molecule has 0 unspecified atom stereocenters. The Hall–Kier alpha value is 0.120. The lowest BCUT2D eigenvalue weighted by Gasteiger charge is -2.04. The van der Waals surface area contributed by atoms with Gasteiger partial charge < -0.3 is 0 Å². The van der Waals surface area contributed by atoms with E-state index < -0.39 is 5.85 Å². The Morgan fingerprint density at radius 3 is 2.31 bits per heavy atom. The summed E-state index contributed by atoms with van der Waals surface area (Å²) in [5, 5.41) is 0. The van der Waals surface area contributed by atoms with Crippen LogP contribution in [-0.2, 0) is 4.57 Å². The Labute approximate surface area is 91.1 Å². The summed E-state index contributed by atoms with van der Waals surface area (Å²) in [6, 6.07) is 9.40. The van der Waals surface area contributed by atoms with Crippen LogP contribution in [0.2, 0.25) is 0 Å². The van der Waals surface area contributed by atoms with Crippen molar-refractivity contribution in [2.45, 2.75) is 4.90 Å². The summed E-state index contributed by atoms with van der Waals surface area (Å²) >= 11 is 12.1. The molecule has 0 radical (unpaired) electrons. The predicted molar refractivity (Wildman–Crippen MR) is 60.8 cm³/mol. The zero-order valence-electron chi connectivity index (χ0n) is 6.61. The van der Waals surface area contributed by atoms with Gasteiger partial charge in [-0.25, -0.2) is 0 Å². The highest BCUT2D eigenvalue weighted by Gasteiger charge is 2.19. The van der Waals surface area contributed by atoms with E-state index in [4.69, 9.17) is 22.5 Å². The lowest BCUT2D eigenvalue weighted by molar-refractivity contribution is 0.597. The Morgan fingerprint density at radius 1 is 1.31 bits per heavy atom. The Morgan fingerprint density at radius 2 is 1.85 bits per heavy atom. The molecule has 0 aliphatic rings. The number of benzene rings is 1. The van der Waals surface area contributed by atoms with E-state index in [0.29, 0.717) is 4.65 Å². The van der Waals surface area contributed by atoms with Gasteiger partial charge in [0.2, 0.25) is 0 Å². The van der Waals surface area contributed by atoms with Crippen molar-refractivity contribution in [3.8, 4) is 0 Å².